The van der Waals surface area contributed by atoms with Crippen LogP contribution in [0.5, 0.6) is 0 Å². The van der Waals surface area contributed by atoms with Gasteiger partial charge in [0.2, 0.25) is 0 Å². The van der Waals surface area contributed by atoms with Crippen LogP contribution in [0, 0.1) is 0 Å². The molecule has 26 heavy (non-hydrogen) atoms. The van der Waals surface area contributed by atoms with Crippen LogP contribution in [0.2, 0.25) is 5.02 Å². The van der Waals surface area contributed by atoms with Crippen molar-refractivity contribution in [2.24, 2.45) is 0 Å². The van der Waals surface area contributed by atoms with Crippen molar-refractivity contribution >= 4 is 19.3 Å². The SMILES string of the molecule is COP(=O)(OC)N(C)CCOC(C)(c1ccccc1)c1ccc(Cl)cc1. The molecule has 0 saturated carbocycles. The van der Waals surface area contributed by atoms with Gasteiger partial charge in [0.25, 0.3) is 0 Å². The highest BCUT2D eigenvalue weighted by molar-refractivity contribution is 7.51. The summed E-state index contributed by atoms with van der Waals surface area (Å²) in [7, 11) is 1.14. The van der Waals surface area contributed by atoms with Gasteiger partial charge in [0, 0.05) is 25.8 Å². The van der Waals surface area contributed by atoms with Crippen LogP contribution in [0.3, 0.4) is 0 Å². The molecule has 0 bridgehead atoms. The van der Waals surface area contributed by atoms with Crippen molar-refractivity contribution in [1.82, 2.24) is 4.67 Å². The molecule has 0 aromatic heterocycles. The highest BCUT2D eigenvalue weighted by Crippen LogP contribution is 2.49. The Kier molecular flexibility index (Phi) is 7.42. The molecule has 0 radical (unpaired) electrons. The Morgan fingerprint density at radius 3 is 2.08 bits per heavy atom. The van der Waals surface area contributed by atoms with E-state index in [2.05, 4.69) is 0 Å². The first-order valence-corrected chi connectivity index (χ1v) is 10.1. The number of nitrogens with zero attached hydrogens (tertiary/aromatic N) is 1. The summed E-state index contributed by atoms with van der Waals surface area (Å²) in [6.45, 7) is 2.73. The van der Waals surface area contributed by atoms with Gasteiger partial charge in [-0.1, -0.05) is 54.1 Å². The average Bonchev–Trinajstić information content (AvgIpc) is 2.68. The third-order valence-electron chi connectivity index (χ3n) is 4.40. The zero-order valence-corrected chi connectivity index (χ0v) is 17.2. The normalized spacial score (nSPS) is 14.4. The van der Waals surface area contributed by atoms with Gasteiger partial charge in [0.15, 0.2) is 0 Å². The maximum atomic E-state index is 12.4. The van der Waals surface area contributed by atoms with Crippen LogP contribution in [-0.4, -0.2) is 39.1 Å². The Labute approximate surface area is 160 Å². The molecule has 5 nitrogen and oxygen atoms in total. The molecule has 0 heterocycles. The lowest BCUT2D eigenvalue weighted by Crippen LogP contribution is -2.31. The Bertz CT molecular complexity index is 733. The molecule has 0 amide bonds. The zero-order valence-electron chi connectivity index (χ0n) is 15.5. The van der Waals surface area contributed by atoms with Crippen molar-refractivity contribution in [3.63, 3.8) is 0 Å². The van der Waals surface area contributed by atoms with Gasteiger partial charge < -0.3 is 4.74 Å². The van der Waals surface area contributed by atoms with Gasteiger partial charge in [0.1, 0.15) is 5.60 Å². The lowest BCUT2D eigenvalue weighted by molar-refractivity contribution is -0.00860. The molecule has 1 atom stereocenters. The van der Waals surface area contributed by atoms with E-state index in [1.165, 1.54) is 18.9 Å². The molecule has 0 saturated heterocycles. The first-order valence-electron chi connectivity index (χ1n) is 8.24. The van der Waals surface area contributed by atoms with Crippen LogP contribution < -0.4 is 0 Å². The minimum absolute atomic E-state index is 0.335. The van der Waals surface area contributed by atoms with E-state index in [9.17, 15) is 4.57 Å². The number of likely N-dealkylation sites (N-methyl/N-ethyl adjacent to an activating group) is 1. The van der Waals surface area contributed by atoms with E-state index in [0.717, 1.165) is 11.1 Å². The molecule has 0 spiro atoms. The number of benzene rings is 2. The van der Waals surface area contributed by atoms with Crippen molar-refractivity contribution in [2.45, 2.75) is 12.5 Å². The monoisotopic (exact) mass is 397 g/mol. The van der Waals surface area contributed by atoms with Crippen LogP contribution in [0.25, 0.3) is 0 Å². The summed E-state index contributed by atoms with van der Waals surface area (Å²) >= 11 is 6.03. The van der Waals surface area contributed by atoms with Gasteiger partial charge >= 0.3 is 7.75 Å². The summed E-state index contributed by atoms with van der Waals surface area (Å²) < 4.78 is 30.2. The quantitative estimate of drug-likeness (QED) is 0.560. The molecular formula is C19H25ClNO4P. The molecule has 1 unspecified atom stereocenters. The smallest absolute Gasteiger partial charge is 0.364 e. The van der Waals surface area contributed by atoms with Crippen molar-refractivity contribution < 1.29 is 18.3 Å². The summed E-state index contributed by atoms with van der Waals surface area (Å²) in [6.07, 6.45) is 0. The fourth-order valence-electron chi connectivity index (χ4n) is 2.72. The summed E-state index contributed by atoms with van der Waals surface area (Å²) in [5.74, 6) is 0. The second kappa shape index (κ2) is 9.14. The lowest BCUT2D eigenvalue weighted by atomic mass is 9.88. The molecule has 0 aliphatic rings. The minimum atomic E-state index is -3.27. The third-order valence-corrected chi connectivity index (χ3v) is 6.62. The Morgan fingerprint density at radius 2 is 1.54 bits per heavy atom. The Balaban J connectivity index is 2.21. The van der Waals surface area contributed by atoms with Crippen molar-refractivity contribution in [1.29, 1.82) is 0 Å². The molecule has 0 fully saturated rings. The first kappa shape index (κ1) is 21.1. The summed E-state index contributed by atoms with van der Waals surface area (Å²) in [6, 6.07) is 17.6. The summed E-state index contributed by atoms with van der Waals surface area (Å²) in [4.78, 5) is 0. The molecule has 0 N–H and O–H groups in total. The Hall–Kier alpha value is -1.20. The zero-order chi connectivity index (χ0) is 19.2. The highest BCUT2D eigenvalue weighted by Gasteiger charge is 2.32. The Morgan fingerprint density at radius 1 is 1.00 bits per heavy atom. The van der Waals surface area contributed by atoms with E-state index < -0.39 is 13.3 Å². The number of hydrogen-bond donors (Lipinski definition) is 0. The molecule has 142 valence electrons. The van der Waals surface area contributed by atoms with Crippen molar-refractivity contribution in [2.75, 3.05) is 34.4 Å². The topological polar surface area (TPSA) is 48.0 Å². The standard InChI is InChI=1S/C19H25ClNO4P/c1-19(16-8-6-5-7-9-16,17-10-12-18(20)13-11-17)25-15-14-21(2)26(22,23-3)24-4/h5-13H,14-15H2,1-4H3. The van der Waals surface area contributed by atoms with Gasteiger partial charge in [-0.2, -0.15) is 0 Å². The summed E-state index contributed by atoms with van der Waals surface area (Å²) in [5.41, 5.74) is 1.33. The third kappa shape index (κ3) is 4.74. The molecular weight excluding hydrogens is 373 g/mol. The largest absolute Gasteiger partial charge is 0.407 e. The van der Waals surface area contributed by atoms with Gasteiger partial charge in [-0.3, -0.25) is 9.05 Å². The molecule has 2 aromatic rings. The van der Waals surface area contributed by atoms with Crippen LogP contribution in [0.4, 0.5) is 0 Å². The fraction of sp³-hybridized carbons (Fsp3) is 0.368. The van der Waals surface area contributed by atoms with E-state index in [1.54, 1.807) is 7.05 Å². The number of hydrogen-bond acceptors (Lipinski definition) is 4. The maximum absolute atomic E-state index is 12.4. The molecule has 0 aliphatic carbocycles. The molecule has 0 aliphatic heterocycles. The van der Waals surface area contributed by atoms with Gasteiger partial charge in [-0.05, 0) is 37.2 Å². The highest BCUT2D eigenvalue weighted by atomic mass is 35.5. The van der Waals surface area contributed by atoms with E-state index in [1.807, 2.05) is 61.5 Å². The van der Waals surface area contributed by atoms with E-state index in [4.69, 9.17) is 25.4 Å². The minimum Gasteiger partial charge on any atom is -0.364 e. The van der Waals surface area contributed by atoms with Crippen molar-refractivity contribution in [3.05, 3.63) is 70.7 Å². The maximum Gasteiger partial charge on any atom is 0.407 e. The van der Waals surface area contributed by atoms with E-state index in [-0.39, 0.29) is 0 Å². The first-order chi connectivity index (χ1) is 12.4. The van der Waals surface area contributed by atoms with E-state index >= 15 is 0 Å². The van der Waals surface area contributed by atoms with Gasteiger partial charge in [0.05, 0.1) is 6.61 Å². The van der Waals surface area contributed by atoms with Crippen LogP contribution in [0.1, 0.15) is 18.1 Å². The second-order valence-electron chi connectivity index (χ2n) is 5.97. The van der Waals surface area contributed by atoms with Crippen molar-refractivity contribution in [3.8, 4) is 0 Å². The lowest BCUT2D eigenvalue weighted by Gasteiger charge is -2.32. The average molecular weight is 398 g/mol. The molecule has 2 aromatic carbocycles. The summed E-state index contributed by atoms with van der Waals surface area (Å²) in [5, 5.41) is 0.671. The van der Waals surface area contributed by atoms with Crippen LogP contribution in [-0.2, 0) is 24.0 Å². The number of halogens is 1. The molecule has 2 rings (SSSR count). The van der Waals surface area contributed by atoms with Crippen LogP contribution in [0.15, 0.2) is 54.6 Å². The fourth-order valence-corrected chi connectivity index (χ4v) is 3.87. The van der Waals surface area contributed by atoms with Crippen LogP contribution >= 0.6 is 19.3 Å². The predicted octanol–water partition coefficient (Wildman–Crippen LogP) is 4.95. The van der Waals surface area contributed by atoms with Gasteiger partial charge in [-0.25, -0.2) is 9.24 Å². The predicted molar refractivity (Wildman–Crippen MR) is 105 cm³/mol. The number of rotatable bonds is 9. The number of ether oxygens (including phenoxy) is 1. The van der Waals surface area contributed by atoms with Gasteiger partial charge in [-0.15, -0.1) is 0 Å². The molecule has 7 heteroatoms. The van der Waals surface area contributed by atoms with E-state index in [0.29, 0.717) is 18.2 Å². The second-order valence-corrected chi connectivity index (χ2v) is 8.76.